The third kappa shape index (κ3) is 5.42. The SMILES string of the molecule is COc1ccc(CNC(=O)CCCC(=O)O)cc1C. The molecular formula is C14H19NO4. The zero-order valence-electron chi connectivity index (χ0n) is 11.2. The second-order valence-corrected chi connectivity index (χ2v) is 4.33. The number of nitrogens with one attached hydrogen (secondary N) is 1. The number of carbonyl (C=O) groups is 2. The highest BCUT2D eigenvalue weighted by Gasteiger charge is 2.05. The molecule has 0 fully saturated rings. The second kappa shape index (κ2) is 7.41. The van der Waals surface area contributed by atoms with E-state index in [0.29, 0.717) is 13.0 Å². The molecule has 0 spiro atoms. The molecule has 0 saturated heterocycles. The van der Waals surface area contributed by atoms with Crippen molar-refractivity contribution in [3.63, 3.8) is 0 Å². The van der Waals surface area contributed by atoms with E-state index in [4.69, 9.17) is 9.84 Å². The Morgan fingerprint density at radius 2 is 2.05 bits per heavy atom. The quantitative estimate of drug-likeness (QED) is 0.789. The topological polar surface area (TPSA) is 75.6 Å². The molecule has 0 aliphatic heterocycles. The molecule has 0 radical (unpaired) electrons. The summed E-state index contributed by atoms with van der Waals surface area (Å²) in [6, 6.07) is 5.71. The predicted molar refractivity (Wildman–Crippen MR) is 71.1 cm³/mol. The van der Waals surface area contributed by atoms with E-state index < -0.39 is 5.97 Å². The van der Waals surface area contributed by atoms with Gasteiger partial charge < -0.3 is 15.2 Å². The monoisotopic (exact) mass is 265 g/mol. The fourth-order valence-corrected chi connectivity index (χ4v) is 1.74. The van der Waals surface area contributed by atoms with Crippen LogP contribution >= 0.6 is 0 Å². The normalized spacial score (nSPS) is 10.0. The molecule has 0 heterocycles. The molecule has 0 saturated carbocycles. The Morgan fingerprint density at radius 3 is 2.63 bits per heavy atom. The average molecular weight is 265 g/mol. The number of aliphatic carboxylic acids is 1. The lowest BCUT2D eigenvalue weighted by molar-refractivity contribution is -0.137. The molecule has 0 aliphatic rings. The van der Waals surface area contributed by atoms with Gasteiger partial charge in [0.05, 0.1) is 7.11 Å². The summed E-state index contributed by atoms with van der Waals surface area (Å²) >= 11 is 0. The first-order chi connectivity index (χ1) is 9.02. The van der Waals surface area contributed by atoms with Gasteiger partial charge in [0.25, 0.3) is 0 Å². The minimum Gasteiger partial charge on any atom is -0.496 e. The summed E-state index contributed by atoms with van der Waals surface area (Å²) in [5.41, 5.74) is 2.00. The minimum absolute atomic E-state index is 0.0229. The summed E-state index contributed by atoms with van der Waals surface area (Å²) in [6.07, 6.45) is 0.624. The van der Waals surface area contributed by atoms with Crippen LogP contribution in [0.25, 0.3) is 0 Å². The smallest absolute Gasteiger partial charge is 0.303 e. The van der Waals surface area contributed by atoms with E-state index in [0.717, 1.165) is 16.9 Å². The van der Waals surface area contributed by atoms with Crippen LogP contribution in [0.4, 0.5) is 0 Å². The third-order valence-corrected chi connectivity index (χ3v) is 2.74. The Morgan fingerprint density at radius 1 is 1.32 bits per heavy atom. The molecular weight excluding hydrogens is 246 g/mol. The molecule has 5 nitrogen and oxygen atoms in total. The van der Waals surface area contributed by atoms with E-state index in [-0.39, 0.29) is 18.7 Å². The van der Waals surface area contributed by atoms with Crippen LogP contribution in [0.3, 0.4) is 0 Å². The lowest BCUT2D eigenvalue weighted by Gasteiger charge is -2.08. The van der Waals surface area contributed by atoms with E-state index in [9.17, 15) is 9.59 Å². The average Bonchev–Trinajstić information content (AvgIpc) is 2.36. The van der Waals surface area contributed by atoms with Crippen LogP contribution in [0.5, 0.6) is 5.75 Å². The first kappa shape index (κ1) is 15.0. The minimum atomic E-state index is -0.876. The highest BCUT2D eigenvalue weighted by atomic mass is 16.5. The predicted octanol–water partition coefficient (Wildman–Crippen LogP) is 1.87. The van der Waals surface area contributed by atoms with Gasteiger partial charge >= 0.3 is 5.97 Å². The van der Waals surface area contributed by atoms with Crippen molar-refractivity contribution < 1.29 is 19.4 Å². The molecule has 0 unspecified atom stereocenters. The van der Waals surface area contributed by atoms with Crippen LogP contribution in [0.15, 0.2) is 18.2 Å². The zero-order chi connectivity index (χ0) is 14.3. The maximum absolute atomic E-state index is 11.5. The number of hydrogen-bond acceptors (Lipinski definition) is 3. The van der Waals surface area contributed by atoms with E-state index in [1.54, 1.807) is 7.11 Å². The fourth-order valence-electron chi connectivity index (χ4n) is 1.74. The first-order valence-electron chi connectivity index (χ1n) is 6.15. The first-order valence-corrected chi connectivity index (χ1v) is 6.15. The van der Waals surface area contributed by atoms with Gasteiger partial charge in [-0.3, -0.25) is 9.59 Å². The molecule has 104 valence electrons. The second-order valence-electron chi connectivity index (χ2n) is 4.33. The Bertz CT molecular complexity index is 457. The number of benzene rings is 1. The largest absolute Gasteiger partial charge is 0.496 e. The van der Waals surface area contributed by atoms with Crippen LogP contribution in [0.1, 0.15) is 30.4 Å². The number of carbonyl (C=O) groups excluding carboxylic acids is 1. The van der Waals surface area contributed by atoms with E-state index in [1.165, 1.54) is 0 Å². The van der Waals surface area contributed by atoms with Crippen molar-refractivity contribution >= 4 is 11.9 Å². The van der Waals surface area contributed by atoms with Crippen molar-refractivity contribution in [1.82, 2.24) is 5.32 Å². The number of carboxylic acid groups (broad SMARTS) is 1. The molecule has 2 N–H and O–H groups in total. The molecule has 1 amide bonds. The van der Waals surface area contributed by atoms with Gasteiger partial charge in [0.2, 0.25) is 5.91 Å². The summed E-state index contributed by atoms with van der Waals surface area (Å²) in [5.74, 6) is -0.190. The van der Waals surface area contributed by atoms with Crippen LogP contribution in [-0.4, -0.2) is 24.1 Å². The van der Waals surface area contributed by atoms with Crippen LogP contribution in [0.2, 0.25) is 0 Å². The maximum Gasteiger partial charge on any atom is 0.303 e. The van der Waals surface area contributed by atoms with Crippen molar-refractivity contribution in [3.05, 3.63) is 29.3 Å². The zero-order valence-corrected chi connectivity index (χ0v) is 11.2. The van der Waals surface area contributed by atoms with Gasteiger partial charge in [-0.2, -0.15) is 0 Å². The Hall–Kier alpha value is -2.04. The Labute approximate surface area is 112 Å². The summed E-state index contributed by atoms with van der Waals surface area (Å²) in [7, 11) is 1.62. The van der Waals surface area contributed by atoms with E-state index in [1.807, 2.05) is 25.1 Å². The molecule has 0 aromatic heterocycles. The molecule has 1 rings (SSSR count). The summed E-state index contributed by atoms with van der Waals surface area (Å²) in [4.78, 5) is 21.8. The summed E-state index contributed by atoms with van der Waals surface area (Å²) in [6.45, 7) is 2.38. The standard InChI is InChI=1S/C14H19NO4/c1-10-8-11(6-7-12(10)19-2)9-15-13(16)4-3-5-14(17)18/h6-8H,3-5,9H2,1-2H3,(H,15,16)(H,17,18). The third-order valence-electron chi connectivity index (χ3n) is 2.74. The van der Waals surface area contributed by atoms with Gasteiger partial charge in [-0.25, -0.2) is 0 Å². The van der Waals surface area contributed by atoms with Crippen molar-refractivity contribution in [2.24, 2.45) is 0 Å². The van der Waals surface area contributed by atoms with Crippen LogP contribution < -0.4 is 10.1 Å². The number of aryl methyl sites for hydroxylation is 1. The summed E-state index contributed by atoms with van der Waals surface area (Å²) in [5, 5.41) is 11.2. The van der Waals surface area contributed by atoms with Gasteiger partial charge in [0, 0.05) is 19.4 Å². The van der Waals surface area contributed by atoms with Crippen molar-refractivity contribution in [1.29, 1.82) is 0 Å². The molecule has 0 aliphatic carbocycles. The fraction of sp³-hybridized carbons (Fsp3) is 0.429. The molecule has 19 heavy (non-hydrogen) atoms. The lowest BCUT2D eigenvalue weighted by atomic mass is 10.1. The van der Waals surface area contributed by atoms with E-state index in [2.05, 4.69) is 5.32 Å². The number of methoxy groups -OCH3 is 1. The Balaban J connectivity index is 2.37. The number of hydrogen-bond donors (Lipinski definition) is 2. The van der Waals surface area contributed by atoms with Gasteiger partial charge in [-0.15, -0.1) is 0 Å². The molecule has 1 aromatic carbocycles. The Kier molecular flexibility index (Phi) is 5.85. The van der Waals surface area contributed by atoms with Crippen molar-refractivity contribution in [2.45, 2.75) is 32.7 Å². The van der Waals surface area contributed by atoms with E-state index >= 15 is 0 Å². The molecule has 0 atom stereocenters. The molecule has 0 bridgehead atoms. The highest BCUT2D eigenvalue weighted by Crippen LogP contribution is 2.18. The highest BCUT2D eigenvalue weighted by molar-refractivity contribution is 5.76. The van der Waals surface area contributed by atoms with Gasteiger partial charge in [-0.05, 0) is 30.5 Å². The van der Waals surface area contributed by atoms with Crippen LogP contribution in [0, 0.1) is 6.92 Å². The van der Waals surface area contributed by atoms with Crippen molar-refractivity contribution in [3.8, 4) is 5.75 Å². The maximum atomic E-state index is 11.5. The van der Waals surface area contributed by atoms with Gasteiger partial charge in [0.15, 0.2) is 0 Å². The number of amides is 1. The van der Waals surface area contributed by atoms with Crippen molar-refractivity contribution in [2.75, 3.05) is 7.11 Å². The van der Waals surface area contributed by atoms with Gasteiger partial charge in [0.1, 0.15) is 5.75 Å². The number of rotatable bonds is 7. The molecule has 5 heteroatoms. The lowest BCUT2D eigenvalue weighted by Crippen LogP contribution is -2.22. The molecule has 1 aromatic rings. The summed E-state index contributed by atoms with van der Waals surface area (Å²) < 4.78 is 5.16. The van der Waals surface area contributed by atoms with Gasteiger partial charge in [-0.1, -0.05) is 12.1 Å². The van der Waals surface area contributed by atoms with Crippen LogP contribution in [-0.2, 0) is 16.1 Å². The number of carboxylic acids is 1. The number of ether oxygens (including phenoxy) is 1.